The van der Waals surface area contributed by atoms with Crippen LogP contribution < -0.4 is 4.72 Å². The van der Waals surface area contributed by atoms with Gasteiger partial charge >= 0.3 is 10.2 Å². The predicted octanol–water partition coefficient (Wildman–Crippen LogP) is 1.48. The number of aliphatic hydroxyl groups is 1. The summed E-state index contributed by atoms with van der Waals surface area (Å²) in [5.41, 5.74) is 1.97. The zero-order valence-electron chi connectivity index (χ0n) is 12.1. The molecule has 0 unspecified atom stereocenters. The van der Waals surface area contributed by atoms with Gasteiger partial charge in [-0.25, -0.2) is 0 Å². The quantitative estimate of drug-likeness (QED) is 0.831. The van der Waals surface area contributed by atoms with Crippen LogP contribution in [0.25, 0.3) is 0 Å². The highest BCUT2D eigenvalue weighted by Gasteiger charge is 2.24. The van der Waals surface area contributed by atoms with E-state index in [-0.39, 0.29) is 6.61 Å². The molecule has 6 heteroatoms. The zero-order chi connectivity index (χ0) is 15.3. The second-order valence-electron chi connectivity index (χ2n) is 5.08. The molecule has 0 aliphatic carbocycles. The molecule has 0 saturated carbocycles. The number of nitrogens with one attached hydrogen (secondary N) is 1. The van der Waals surface area contributed by atoms with Gasteiger partial charge in [-0.05, 0) is 37.5 Å². The molecular weight excluding hydrogens is 288 g/mol. The fourth-order valence-electron chi connectivity index (χ4n) is 2.30. The molecular formula is C15H20N2O3S. The van der Waals surface area contributed by atoms with Crippen LogP contribution in [0, 0.1) is 18.8 Å². The van der Waals surface area contributed by atoms with E-state index in [1.54, 1.807) is 12.1 Å². The van der Waals surface area contributed by atoms with Crippen LogP contribution in [0.2, 0.25) is 0 Å². The average Bonchev–Trinajstić information content (AvgIpc) is 2.47. The van der Waals surface area contributed by atoms with Crippen molar-refractivity contribution >= 4 is 15.9 Å². The van der Waals surface area contributed by atoms with Gasteiger partial charge in [-0.2, -0.15) is 12.7 Å². The van der Waals surface area contributed by atoms with Crippen LogP contribution in [0.4, 0.5) is 5.69 Å². The number of hydrogen-bond acceptors (Lipinski definition) is 3. The molecule has 0 bridgehead atoms. The Kier molecular flexibility index (Phi) is 5.23. The smallest absolute Gasteiger partial charge is 0.301 e. The number of aliphatic hydroxyl groups excluding tert-OH is 1. The summed E-state index contributed by atoms with van der Waals surface area (Å²) in [6.45, 7) is 2.74. The summed E-state index contributed by atoms with van der Waals surface area (Å²) >= 11 is 0. The molecule has 0 amide bonds. The lowest BCUT2D eigenvalue weighted by Gasteiger charge is -2.26. The van der Waals surface area contributed by atoms with Crippen LogP contribution in [-0.2, 0) is 10.2 Å². The van der Waals surface area contributed by atoms with E-state index in [4.69, 9.17) is 5.11 Å². The minimum atomic E-state index is -3.55. The van der Waals surface area contributed by atoms with Gasteiger partial charge in [0.15, 0.2) is 0 Å². The van der Waals surface area contributed by atoms with E-state index >= 15 is 0 Å². The molecule has 0 aromatic heterocycles. The minimum absolute atomic E-state index is 0.258. The van der Waals surface area contributed by atoms with Crippen molar-refractivity contribution in [3.05, 3.63) is 29.3 Å². The van der Waals surface area contributed by atoms with Crippen LogP contribution in [-0.4, -0.2) is 37.5 Å². The lowest BCUT2D eigenvalue weighted by molar-refractivity contribution is 0.349. The summed E-state index contributed by atoms with van der Waals surface area (Å²) in [6.07, 6.45) is 2.86. The van der Waals surface area contributed by atoms with Crippen molar-refractivity contribution in [2.24, 2.45) is 0 Å². The van der Waals surface area contributed by atoms with Gasteiger partial charge in [0.05, 0.1) is 5.69 Å². The van der Waals surface area contributed by atoms with E-state index in [0.717, 1.165) is 24.8 Å². The molecule has 2 N–H and O–H groups in total. The second kappa shape index (κ2) is 6.94. The average molecular weight is 308 g/mol. The second-order valence-corrected chi connectivity index (χ2v) is 6.75. The zero-order valence-corrected chi connectivity index (χ0v) is 12.9. The molecule has 1 aromatic carbocycles. The van der Waals surface area contributed by atoms with E-state index < -0.39 is 10.2 Å². The lowest BCUT2D eigenvalue weighted by Crippen LogP contribution is -2.39. The molecule has 0 atom stereocenters. The Morgan fingerprint density at radius 3 is 2.67 bits per heavy atom. The maximum absolute atomic E-state index is 12.4. The summed E-state index contributed by atoms with van der Waals surface area (Å²) < 4.78 is 28.9. The Balaban J connectivity index is 2.27. The Morgan fingerprint density at radius 2 is 2.00 bits per heavy atom. The van der Waals surface area contributed by atoms with Gasteiger partial charge in [0.2, 0.25) is 0 Å². The van der Waals surface area contributed by atoms with Gasteiger partial charge in [0.1, 0.15) is 6.61 Å². The molecule has 114 valence electrons. The van der Waals surface area contributed by atoms with Crippen LogP contribution in [0.1, 0.15) is 30.4 Å². The van der Waals surface area contributed by atoms with Crippen LogP contribution in [0.3, 0.4) is 0 Å². The number of aryl methyl sites for hydroxylation is 1. The van der Waals surface area contributed by atoms with Gasteiger partial charge < -0.3 is 5.11 Å². The number of benzene rings is 1. The van der Waals surface area contributed by atoms with E-state index in [1.165, 1.54) is 4.31 Å². The third kappa shape index (κ3) is 4.21. The van der Waals surface area contributed by atoms with Gasteiger partial charge in [0, 0.05) is 18.7 Å². The molecule has 1 saturated heterocycles. The first-order valence-corrected chi connectivity index (χ1v) is 8.45. The Labute approximate surface area is 126 Å². The predicted molar refractivity (Wildman–Crippen MR) is 83.1 cm³/mol. The molecule has 1 aromatic rings. The third-order valence-corrected chi connectivity index (χ3v) is 4.89. The first kappa shape index (κ1) is 15.8. The number of hydrogen-bond donors (Lipinski definition) is 2. The Hall–Kier alpha value is -1.55. The van der Waals surface area contributed by atoms with Gasteiger partial charge in [-0.3, -0.25) is 4.72 Å². The van der Waals surface area contributed by atoms with Gasteiger partial charge in [-0.1, -0.05) is 24.3 Å². The number of anilines is 1. The summed E-state index contributed by atoms with van der Waals surface area (Å²) in [5, 5.41) is 8.79. The molecule has 5 nitrogen and oxygen atoms in total. The highest BCUT2D eigenvalue weighted by Crippen LogP contribution is 2.21. The number of rotatable bonds is 3. The Bertz CT molecular complexity index is 653. The highest BCUT2D eigenvalue weighted by molar-refractivity contribution is 7.90. The summed E-state index contributed by atoms with van der Waals surface area (Å²) in [5.74, 6) is 5.32. The largest absolute Gasteiger partial charge is 0.384 e. The van der Waals surface area contributed by atoms with Crippen molar-refractivity contribution in [1.29, 1.82) is 0 Å². The lowest BCUT2D eigenvalue weighted by atomic mass is 10.1. The van der Waals surface area contributed by atoms with Crippen LogP contribution in [0.5, 0.6) is 0 Å². The molecule has 1 aliphatic heterocycles. The maximum atomic E-state index is 12.4. The molecule has 2 rings (SSSR count). The standard InChI is InChI=1S/C15H20N2O3S/c1-13-7-8-14(6-5-11-18)15(12-13)16-21(19,20)17-9-3-2-4-10-17/h7-8,12,16,18H,2-4,9-11H2,1H3. The van der Waals surface area contributed by atoms with Crippen molar-refractivity contribution in [1.82, 2.24) is 4.31 Å². The summed E-state index contributed by atoms with van der Waals surface area (Å²) in [7, 11) is -3.55. The summed E-state index contributed by atoms with van der Waals surface area (Å²) in [6, 6.07) is 5.37. The fraction of sp³-hybridized carbons (Fsp3) is 0.467. The first-order chi connectivity index (χ1) is 10.0. The van der Waals surface area contributed by atoms with Gasteiger partial charge in [-0.15, -0.1) is 0 Å². The van der Waals surface area contributed by atoms with E-state index in [0.29, 0.717) is 24.3 Å². The van der Waals surface area contributed by atoms with Gasteiger partial charge in [0.25, 0.3) is 0 Å². The number of nitrogens with zero attached hydrogens (tertiary/aromatic N) is 1. The maximum Gasteiger partial charge on any atom is 0.301 e. The molecule has 1 fully saturated rings. The third-order valence-electron chi connectivity index (χ3n) is 3.37. The highest BCUT2D eigenvalue weighted by atomic mass is 32.2. The molecule has 0 spiro atoms. The van der Waals surface area contributed by atoms with Crippen molar-refractivity contribution in [2.45, 2.75) is 26.2 Å². The van der Waals surface area contributed by atoms with Crippen molar-refractivity contribution in [3.8, 4) is 11.8 Å². The topological polar surface area (TPSA) is 69.6 Å². The van der Waals surface area contributed by atoms with Crippen LogP contribution in [0.15, 0.2) is 18.2 Å². The SMILES string of the molecule is Cc1ccc(C#CCO)c(NS(=O)(=O)N2CCCCC2)c1. The molecule has 21 heavy (non-hydrogen) atoms. The molecule has 0 radical (unpaired) electrons. The molecule has 1 aliphatic rings. The van der Waals surface area contributed by atoms with E-state index in [9.17, 15) is 8.42 Å². The normalized spacial score (nSPS) is 16.1. The molecule has 1 heterocycles. The van der Waals surface area contributed by atoms with Crippen molar-refractivity contribution in [3.63, 3.8) is 0 Å². The summed E-state index contributed by atoms with van der Waals surface area (Å²) in [4.78, 5) is 0. The monoisotopic (exact) mass is 308 g/mol. The van der Waals surface area contributed by atoms with Crippen molar-refractivity contribution < 1.29 is 13.5 Å². The van der Waals surface area contributed by atoms with Crippen LogP contribution >= 0.6 is 0 Å². The van der Waals surface area contributed by atoms with E-state index in [2.05, 4.69) is 16.6 Å². The Morgan fingerprint density at radius 1 is 1.29 bits per heavy atom. The number of piperidine rings is 1. The minimum Gasteiger partial charge on any atom is -0.384 e. The first-order valence-electron chi connectivity index (χ1n) is 7.01. The van der Waals surface area contributed by atoms with E-state index in [1.807, 2.05) is 13.0 Å². The fourth-order valence-corrected chi connectivity index (χ4v) is 3.61. The van der Waals surface area contributed by atoms with Crippen molar-refractivity contribution in [2.75, 3.05) is 24.4 Å².